The molecule has 0 unspecified atom stereocenters. The van der Waals surface area contributed by atoms with Gasteiger partial charge in [0.1, 0.15) is 13.2 Å². The first-order chi connectivity index (χ1) is 32.7. The average molecular weight is 948 g/mol. The second kappa shape index (κ2) is 53.8. The van der Waals surface area contributed by atoms with Crippen LogP contribution in [0, 0.1) is 11.8 Å². The fourth-order valence-corrected chi connectivity index (χ4v) is 9.40. The van der Waals surface area contributed by atoms with Gasteiger partial charge >= 0.3 is 17.9 Å². The zero-order chi connectivity index (χ0) is 48.9. The summed E-state index contributed by atoms with van der Waals surface area (Å²) in [6.07, 6.45) is 58.1. The van der Waals surface area contributed by atoms with Crippen LogP contribution in [0.25, 0.3) is 0 Å². The van der Waals surface area contributed by atoms with E-state index in [9.17, 15) is 14.4 Å². The molecule has 0 saturated carbocycles. The number of carbonyl (C=O) groups excluding carboxylic acids is 3. The zero-order valence-corrected chi connectivity index (χ0v) is 46.0. The van der Waals surface area contributed by atoms with Gasteiger partial charge < -0.3 is 14.2 Å². The Morgan fingerprint density at radius 1 is 0.284 bits per heavy atom. The predicted octanol–water partition coefficient (Wildman–Crippen LogP) is 20.0. The Balaban J connectivity index is 4.27. The Bertz CT molecular complexity index is 1020. The standard InChI is InChI=1S/C61H118O6/c1-6-7-8-9-10-11-12-13-14-15-16-17-18-21-26-31-36-41-46-51-59(62)65-54-58(67-61(64)53-48-43-38-33-28-23-25-30-35-40-45-50-57(4)5)55-66-60(63)52-47-42-37-32-27-22-19-20-24-29-34-39-44-49-56(2)3/h56-58H,6-55H2,1-5H3/t58-/m0/s1. The van der Waals surface area contributed by atoms with E-state index in [-0.39, 0.29) is 31.1 Å². The van der Waals surface area contributed by atoms with Crippen molar-refractivity contribution >= 4 is 17.9 Å². The van der Waals surface area contributed by atoms with E-state index in [1.54, 1.807) is 0 Å². The van der Waals surface area contributed by atoms with Crippen LogP contribution in [-0.4, -0.2) is 37.2 Å². The summed E-state index contributed by atoms with van der Waals surface area (Å²) in [6, 6.07) is 0. The molecule has 0 aromatic carbocycles. The zero-order valence-electron chi connectivity index (χ0n) is 46.0. The second-order valence-corrected chi connectivity index (χ2v) is 21.9. The summed E-state index contributed by atoms with van der Waals surface area (Å²) in [4.78, 5) is 38.2. The van der Waals surface area contributed by atoms with Crippen LogP contribution in [0.2, 0.25) is 0 Å². The Kier molecular flexibility index (Phi) is 52.5. The molecule has 0 rings (SSSR count). The van der Waals surface area contributed by atoms with Crippen LogP contribution in [-0.2, 0) is 28.6 Å². The van der Waals surface area contributed by atoms with Crippen LogP contribution >= 0.6 is 0 Å². The van der Waals surface area contributed by atoms with Crippen molar-refractivity contribution in [1.82, 2.24) is 0 Å². The topological polar surface area (TPSA) is 78.9 Å². The number of hydrogen-bond donors (Lipinski definition) is 0. The second-order valence-electron chi connectivity index (χ2n) is 21.9. The molecule has 0 aliphatic carbocycles. The molecule has 0 aliphatic rings. The summed E-state index contributed by atoms with van der Waals surface area (Å²) < 4.78 is 16.9. The van der Waals surface area contributed by atoms with Crippen molar-refractivity contribution < 1.29 is 28.6 Å². The molecule has 0 aromatic rings. The van der Waals surface area contributed by atoms with E-state index in [1.165, 1.54) is 231 Å². The van der Waals surface area contributed by atoms with E-state index in [2.05, 4.69) is 34.6 Å². The van der Waals surface area contributed by atoms with Gasteiger partial charge in [-0.15, -0.1) is 0 Å². The molecule has 0 aromatic heterocycles. The molecular formula is C61H118O6. The first-order valence-corrected chi connectivity index (χ1v) is 30.2. The molecule has 1 atom stereocenters. The minimum atomic E-state index is -0.763. The van der Waals surface area contributed by atoms with Gasteiger partial charge in [-0.2, -0.15) is 0 Å². The van der Waals surface area contributed by atoms with Crippen molar-refractivity contribution in [3.8, 4) is 0 Å². The quantitative estimate of drug-likeness (QED) is 0.0343. The smallest absolute Gasteiger partial charge is 0.306 e. The third-order valence-corrected chi connectivity index (χ3v) is 14.0. The van der Waals surface area contributed by atoms with Gasteiger partial charge in [-0.05, 0) is 31.1 Å². The highest BCUT2D eigenvalue weighted by molar-refractivity contribution is 5.71. The highest BCUT2D eigenvalue weighted by Gasteiger charge is 2.19. The number of carbonyl (C=O) groups is 3. The highest BCUT2D eigenvalue weighted by atomic mass is 16.6. The number of ether oxygens (including phenoxy) is 3. The van der Waals surface area contributed by atoms with Crippen molar-refractivity contribution in [3.63, 3.8) is 0 Å². The fraction of sp³-hybridized carbons (Fsp3) is 0.951. The third kappa shape index (κ3) is 55.2. The molecule has 6 nitrogen and oxygen atoms in total. The fourth-order valence-electron chi connectivity index (χ4n) is 9.40. The van der Waals surface area contributed by atoms with Gasteiger partial charge in [0.15, 0.2) is 6.10 Å². The van der Waals surface area contributed by atoms with E-state index >= 15 is 0 Å². The van der Waals surface area contributed by atoms with Crippen LogP contribution in [0.4, 0.5) is 0 Å². The van der Waals surface area contributed by atoms with Crippen LogP contribution in [0.5, 0.6) is 0 Å². The van der Waals surface area contributed by atoms with Gasteiger partial charge in [-0.25, -0.2) is 0 Å². The van der Waals surface area contributed by atoms with Crippen molar-refractivity contribution in [2.24, 2.45) is 11.8 Å². The number of rotatable bonds is 55. The first-order valence-electron chi connectivity index (χ1n) is 30.2. The molecule has 0 amide bonds. The average Bonchev–Trinajstić information content (AvgIpc) is 3.30. The summed E-state index contributed by atoms with van der Waals surface area (Å²) in [5.74, 6) is 0.827. The monoisotopic (exact) mass is 947 g/mol. The molecule has 0 spiro atoms. The summed E-state index contributed by atoms with van der Waals surface area (Å²) >= 11 is 0. The molecule has 0 fully saturated rings. The highest BCUT2D eigenvalue weighted by Crippen LogP contribution is 2.18. The maximum atomic E-state index is 12.9. The summed E-state index contributed by atoms with van der Waals surface area (Å²) in [5, 5.41) is 0. The van der Waals surface area contributed by atoms with Gasteiger partial charge in [-0.1, -0.05) is 304 Å². The van der Waals surface area contributed by atoms with Crippen LogP contribution in [0.15, 0.2) is 0 Å². The van der Waals surface area contributed by atoms with Crippen LogP contribution in [0.3, 0.4) is 0 Å². The number of esters is 3. The molecule has 6 heteroatoms. The molecule has 0 aliphatic heterocycles. The van der Waals surface area contributed by atoms with Gasteiger partial charge in [0.25, 0.3) is 0 Å². The Morgan fingerprint density at radius 3 is 0.731 bits per heavy atom. The van der Waals surface area contributed by atoms with Gasteiger partial charge in [-0.3, -0.25) is 14.4 Å². The van der Waals surface area contributed by atoms with E-state index in [4.69, 9.17) is 14.2 Å². The molecule has 0 saturated heterocycles. The lowest BCUT2D eigenvalue weighted by molar-refractivity contribution is -0.167. The SMILES string of the molecule is CCCCCCCCCCCCCCCCCCCCCC(=O)OC[C@@H](COC(=O)CCCCCCCCCCCCCCCC(C)C)OC(=O)CCCCCCCCCCCCCC(C)C. The maximum Gasteiger partial charge on any atom is 0.306 e. The lowest BCUT2D eigenvalue weighted by atomic mass is 10.0. The normalized spacial score (nSPS) is 12.0. The van der Waals surface area contributed by atoms with E-state index in [0.29, 0.717) is 19.3 Å². The Morgan fingerprint density at radius 2 is 0.493 bits per heavy atom. The van der Waals surface area contributed by atoms with E-state index in [1.807, 2.05) is 0 Å². The molecule has 0 radical (unpaired) electrons. The van der Waals surface area contributed by atoms with Gasteiger partial charge in [0.05, 0.1) is 0 Å². The molecule has 67 heavy (non-hydrogen) atoms. The molecule has 0 N–H and O–H groups in total. The lowest BCUT2D eigenvalue weighted by Crippen LogP contribution is -2.30. The molecule has 398 valence electrons. The summed E-state index contributed by atoms with van der Waals surface area (Å²) in [6.45, 7) is 11.4. The Labute approximate surface area is 418 Å². The van der Waals surface area contributed by atoms with Crippen LogP contribution < -0.4 is 0 Å². The molecule has 0 heterocycles. The summed E-state index contributed by atoms with van der Waals surface area (Å²) in [7, 11) is 0. The lowest BCUT2D eigenvalue weighted by Gasteiger charge is -2.18. The minimum absolute atomic E-state index is 0.0625. The van der Waals surface area contributed by atoms with E-state index < -0.39 is 6.10 Å². The third-order valence-electron chi connectivity index (χ3n) is 14.0. The number of hydrogen-bond acceptors (Lipinski definition) is 6. The minimum Gasteiger partial charge on any atom is -0.462 e. The van der Waals surface area contributed by atoms with Crippen molar-refractivity contribution in [2.45, 2.75) is 349 Å². The number of unbranched alkanes of at least 4 members (excludes halogenated alkanes) is 40. The van der Waals surface area contributed by atoms with E-state index in [0.717, 1.165) is 69.6 Å². The van der Waals surface area contributed by atoms with Gasteiger partial charge in [0, 0.05) is 19.3 Å². The predicted molar refractivity (Wildman–Crippen MR) is 289 cm³/mol. The largest absolute Gasteiger partial charge is 0.462 e. The summed E-state index contributed by atoms with van der Waals surface area (Å²) in [5.41, 5.74) is 0. The van der Waals surface area contributed by atoms with Crippen molar-refractivity contribution in [3.05, 3.63) is 0 Å². The maximum absolute atomic E-state index is 12.9. The Hall–Kier alpha value is -1.59. The first kappa shape index (κ1) is 65.4. The molecular weight excluding hydrogens is 829 g/mol. The molecule has 0 bridgehead atoms. The van der Waals surface area contributed by atoms with Crippen molar-refractivity contribution in [2.75, 3.05) is 13.2 Å². The van der Waals surface area contributed by atoms with Crippen molar-refractivity contribution in [1.29, 1.82) is 0 Å². The van der Waals surface area contributed by atoms with Gasteiger partial charge in [0.2, 0.25) is 0 Å². The van der Waals surface area contributed by atoms with Crippen LogP contribution in [0.1, 0.15) is 343 Å².